The van der Waals surface area contributed by atoms with Gasteiger partial charge >= 0.3 is 0 Å². The van der Waals surface area contributed by atoms with Gasteiger partial charge in [0.25, 0.3) is 0 Å². The van der Waals surface area contributed by atoms with E-state index in [1.54, 1.807) is 36.4 Å². The molecule has 15 nitrogen and oxygen atoms in total. The Morgan fingerprint density at radius 2 is 0.791 bits per heavy atom. The molecular formula is C28H18N4O11. The maximum absolute atomic E-state index is 10.5. The predicted octanol–water partition coefficient (Wildman–Crippen LogP) is 3.74. The molecule has 6 rings (SSSR count). The van der Waals surface area contributed by atoms with Gasteiger partial charge in [-0.2, -0.15) is 0 Å². The highest BCUT2D eigenvalue weighted by molar-refractivity contribution is 5.86. The van der Waals surface area contributed by atoms with Gasteiger partial charge in [-0.05, 0) is 24.3 Å². The number of aromatic hydroxyl groups is 10. The summed E-state index contributed by atoms with van der Waals surface area (Å²) in [5, 5.41) is 102. The Morgan fingerprint density at radius 3 is 1.26 bits per heavy atom. The zero-order valence-corrected chi connectivity index (χ0v) is 21.3. The molecule has 15 heteroatoms. The zero-order chi connectivity index (χ0) is 30.7. The van der Waals surface area contributed by atoms with Gasteiger partial charge < -0.3 is 55.5 Å². The van der Waals surface area contributed by atoms with Crippen LogP contribution in [0.25, 0.3) is 56.7 Å². The second kappa shape index (κ2) is 9.48. The first-order chi connectivity index (χ1) is 20.5. The summed E-state index contributed by atoms with van der Waals surface area (Å²) in [4.78, 5) is 16.7. The maximum atomic E-state index is 10.5. The summed E-state index contributed by atoms with van der Waals surface area (Å²) < 4.78 is 5.77. The van der Waals surface area contributed by atoms with Crippen molar-refractivity contribution in [3.8, 4) is 103 Å². The van der Waals surface area contributed by atoms with Crippen LogP contribution in [0, 0.1) is 0 Å². The molecule has 43 heavy (non-hydrogen) atoms. The van der Waals surface area contributed by atoms with Crippen molar-refractivity contribution in [2.75, 3.05) is 0 Å². The lowest BCUT2D eigenvalue weighted by Crippen LogP contribution is -2.01. The molecule has 0 atom stereocenters. The van der Waals surface area contributed by atoms with E-state index in [4.69, 9.17) is 4.42 Å². The van der Waals surface area contributed by atoms with Crippen molar-refractivity contribution in [3.05, 3.63) is 48.5 Å². The molecule has 0 aliphatic heterocycles. The van der Waals surface area contributed by atoms with Crippen molar-refractivity contribution in [2.24, 2.45) is 0 Å². The van der Waals surface area contributed by atoms with Crippen molar-refractivity contribution in [2.45, 2.75) is 0 Å². The van der Waals surface area contributed by atoms with Crippen LogP contribution < -0.4 is 0 Å². The minimum Gasteiger partial charge on any atom is -0.504 e. The second-order valence-corrected chi connectivity index (χ2v) is 9.11. The van der Waals surface area contributed by atoms with Gasteiger partial charge in [-0.3, -0.25) is 0 Å². The van der Waals surface area contributed by atoms with Crippen molar-refractivity contribution in [3.63, 3.8) is 0 Å². The Morgan fingerprint density at radius 1 is 0.395 bits per heavy atom. The lowest BCUT2D eigenvalue weighted by atomic mass is 10.1. The van der Waals surface area contributed by atoms with Gasteiger partial charge in [0.2, 0.25) is 40.4 Å². The molecule has 0 saturated heterocycles. The summed E-state index contributed by atoms with van der Waals surface area (Å²) in [6.07, 6.45) is 0. The SMILES string of the molecule is Oc1c(O)c(O)c(-c2nc(-c3ccc(-c4nc5ccccc5o4)cc3)nc(-c3c(O)c(O)c(O)c(O)c3O)n2)c(O)c1O. The fourth-order valence-electron chi connectivity index (χ4n) is 4.28. The molecule has 6 aromatic rings. The molecule has 0 aliphatic carbocycles. The average molecular weight is 586 g/mol. The molecule has 0 unspecified atom stereocenters. The summed E-state index contributed by atoms with van der Waals surface area (Å²) >= 11 is 0. The Labute approximate surface area is 238 Å². The van der Waals surface area contributed by atoms with E-state index in [1.165, 1.54) is 12.1 Å². The van der Waals surface area contributed by atoms with Crippen LogP contribution in [0.4, 0.5) is 0 Å². The number of phenols is 10. The number of benzene rings is 4. The topological polar surface area (TPSA) is 267 Å². The van der Waals surface area contributed by atoms with Gasteiger partial charge in [-0.25, -0.2) is 19.9 Å². The number of hydrogen-bond acceptors (Lipinski definition) is 15. The smallest absolute Gasteiger partial charge is 0.227 e. The molecule has 0 spiro atoms. The molecule has 0 amide bonds. The second-order valence-electron chi connectivity index (χ2n) is 9.11. The first kappa shape index (κ1) is 26.6. The normalized spacial score (nSPS) is 11.3. The number of oxazole rings is 1. The minimum atomic E-state index is -1.24. The standard InChI is InChI=1S/C28H18N4O11/c33-15-13(16(34)20(38)23(41)19(15)37)26-30-25(31-27(32-26)14-17(35)21(39)24(42)22(40)18(14)36)9-5-7-10(8-6-9)28-29-11-3-1-2-4-12(11)43-28/h1-8,33-42H. The summed E-state index contributed by atoms with van der Waals surface area (Å²) in [6.45, 7) is 0. The Balaban J connectivity index is 1.57. The lowest BCUT2D eigenvalue weighted by Gasteiger charge is -2.15. The summed E-state index contributed by atoms with van der Waals surface area (Å²) in [5.74, 6) is -13.4. The van der Waals surface area contributed by atoms with Crippen LogP contribution in [0.15, 0.2) is 52.9 Å². The third kappa shape index (κ3) is 4.07. The third-order valence-electron chi connectivity index (χ3n) is 6.51. The van der Waals surface area contributed by atoms with Gasteiger partial charge in [0, 0.05) is 11.1 Å². The maximum Gasteiger partial charge on any atom is 0.227 e. The number of phenolic OH excluding ortho intramolecular Hbond substituents is 10. The summed E-state index contributed by atoms with van der Waals surface area (Å²) in [7, 11) is 0. The molecule has 4 aromatic carbocycles. The monoisotopic (exact) mass is 586 g/mol. The highest BCUT2D eigenvalue weighted by Crippen LogP contribution is 2.56. The molecule has 0 fully saturated rings. The van der Waals surface area contributed by atoms with E-state index in [1.807, 2.05) is 0 Å². The number of fused-ring (bicyclic) bond motifs is 1. The fourth-order valence-corrected chi connectivity index (χ4v) is 4.28. The van der Waals surface area contributed by atoms with Crippen molar-refractivity contribution >= 4 is 11.1 Å². The van der Waals surface area contributed by atoms with Crippen molar-refractivity contribution in [1.29, 1.82) is 0 Å². The highest BCUT2D eigenvalue weighted by atomic mass is 16.4. The van der Waals surface area contributed by atoms with E-state index in [9.17, 15) is 51.1 Å². The molecule has 0 saturated carbocycles. The van der Waals surface area contributed by atoms with Gasteiger partial charge in [-0.1, -0.05) is 24.3 Å². The first-order valence-electron chi connectivity index (χ1n) is 12.1. The van der Waals surface area contributed by atoms with Gasteiger partial charge in [-0.15, -0.1) is 0 Å². The molecule has 2 heterocycles. The number of para-hydroxylation sites is 2. The number of rotatable bonds is 4. The summed E-state index contributed by atoms with van der Waals surface area (Å²) in [6, 6.07) is 13.4. The molecule has 10 N–H and O–H groups in total. The number of aromatic nitrogens is 4. The third-order valence-corrected chi connectivity index (χ3v) is 6.51. The van der Waals surface area contributed by atoms with Gasteiger partial charge in [0.1, 0.15) is 16.6 Å². The van der Waals surface area contributed by atoms with Crippen LogP contribution in [-0.4, -0.2) is 71.0 Å². The number of nitrogens with zero attached hydrogens (tertiary/aromatic N) is 4. The quantitative estimate of drug-likeness (QED) is 0.104. The fraction of sp³-hybridized carbons (Fsp3) is 0. The lowest BCUT2D eigenvalue weighted by molar-refractivity contribution is 0.329. The minimum absolute atomic E-state index is 0.238. The molecule has 0 radical (unpaired) electrons. The number of hydrogen-bond donors (Lipinski definition) is 10. The van der Waals surface area contributed by atoms with Crippen LogP contribution in [0.1, 0.15) is 0 Å². The molecule has 2 aromatic heterocycles. The highest BCUT2D eigenvalue weighted by Gasteiger charge is 2.30. The summed E-state index contributed by atoms with van der Waals surface area (Å²) in [5.41, 5.74) is 0.393. The van der Waals surface area contributed by atoms with Crippen LogP contribution in [0.3, 0.4) is 0 Å². The Hall–Kier alpha value is -6.64. The molecule has 0 bridgehead atoms. The van der Waals surface area contributed by atoms with Crippen LogP contribution in [0.2, 0.25) is 0 Å². The van der Waals surface area contributed by atoms with E-state index >= 15 is 0 Å². The van der Waals surface area contributed by atoms with E-state index in [-0.39, 0.29) is 11.4 Å². The largest absolute Gasteiger partial charge is 0.504 e. The van der Waals surface area contributed by atoms with Crippen LogP contribution in [-0.2, 0) is 0 Å². The first-order valence-corrected chi connectivity index (χ1v) is 12.1. The predicted molar refractivity (Wildman–Crippen MR) is 146 cm³/mol. The zero-order valence-electron chi connectivity index (χ0n) is 21.3. The molecular weight excluding hydrogens is 568 g/mol. The van der Waals surface area contributed by atoms with E-state index in [0.717, 1.165) is 0 Å². The average Bonchev–Trinajstić information content (AvgIpc) is 3.46. The van der Waals surface area contributed by atoms with Crippen LogP contribution in [0.5, 0.6) is 57.5 Å². The molecule has 0 aliphatic rings. The van der Waals surface area contributed by atoms with Gasteiger partial charge in [0.15, 0.2) is 46.1 Å². The Kier molecular flexibility index (Phi) is 5.86. The van der Waals surface area contributed by atoms with Gasteiger partial charge in [0.05, 0.1) is 0 Å². The van der Waals surface area contributed by atoms with Crippen LogP contribution >= 0.6 is 0 Å². The van der Waals surface area contributed by atoms with Crippen molar-refractivity contribution in [1.82, 2.24) is 19.9 Å². The van der Waals surface area contributed by atoms with Crippen molar-refractivity contribution < 1.29 is 55.5 Å². The molecule has 216 valence electrons. The van der Waals surface area contributed by atoms with E-state index in [2.05, 4.69) is 19.9 Å². The Bertz CT molecular complexity index is 1910. The van der Waals surface area contributed by atoms with E-state index < -0.39 is 80.3 Å². The van der Waals surface area contributed by atoms with E-state index in [0.29, 0.717) is 22.6 Å².